The summed E-state index contributed by atoms with van der Waals surface area (Å²) < 4.78 is 8.50. The van der Waals surface area contributed by atoms with E-state index in [9.17, 15) is 9.59 Å². The highest BCUT2D eigenvalue weighted by Gasteiger charge is 2.18. The van der Waals surface area contributed by atoms with Gasteiger partial charge < -0.3 is 4.57 Å². The summed E-state index contributed by atoms with van der Waals surface area (Å²) in [6.07, 6.45) is 4.97. The molecule has 0 bridgehead atoms. The maximum atomic E-state index is 14.0. The molecule has 8 nitrogen and oxygen atoms in total. The summed E-state index contributed by atoms with van der Waals surface area (Å²) in [5.74, 6) is 0.564. The second-order valence-electron chi connectivity index (χ2n) is 10.6. The molecule has 0 atom stereocenters. The highest BCUT2D eigenvalue weighted by molar-refractivity contribution is 7.80. The Hall–Kier alpha value is -4.89. The third-order valence-electron chi connectivity index (χ3n) is 7.73. The number of para-hydroxylation sites is 1. The smallest absolute Gasteiger partial charge is 0.311 e. The fraction of sp³-hybridized carbons (Fsp3) is 0.206. The van der Waals surface area contributed by atoms with Crippen molar-refractivity contribution in [3.8, 4) is 22.5 Å². The molecule has 6 aromatic rings. The Bertz CT molecular complexity index is 2050. The van der Waals surface area contributed by atoms with Gasteiger partial charge in [0.05, 0.1) is 17.0 Å². The van der Waals surface area contributed by atoms with Gasteiger partial charge in [-0.3, -0.25) is 18.9 Å². The molecular formula is C34H31N5O3S. The van der Waals surface area contributed by atoms with E-state index in [1.165, 1.54) is 0 Å². The van der Waals surface area contributed by atoms with Crippen LogP contribution in [0.5, 0.6) is 0 Å². The molecule has 0 aliphatic rings. The van der Waals surface area contributed by atoms with Crippen LogP contribution >= 0.6 is 12.2 Å². The van der Waals surface area contributed by atoms with E-state index in [-0.39, 0.29) is 5.56 Å². The van der Waals surface area contributed by atoms with Crippen LogP contribution in [-0.4, -0.2) is 29.2 Å². The average Bonchev–Trinajstić information content (AvgIpc) is 3.66. The monoisotopic (exact) mass is 589 g/mol. The van der Waals surface area contributed by atoms with E-state index in [2.05, 4.69) is 23.1 Å². The lowest BCUT2D eigenvalue weighted by Crippen LogP contribution is -2.32. The minimum atomic E-state index is -0.599. The number of hydrogen-bond acceptors (Lipinski definition) is 6. The Morgan fingerprint density at radius 2 is 1.70 bits per heavy atom. The first kappa shape index (κ1) is 28.2. The maximum absolute atomic E-state index is 14.0. The van der Waals surface area contributed by atoms with E-state index >= 15 is 0 Å². The molecular weight excluding hydrogens is 558 g/mol. The summed E-state index contributed by atoms with van der Waals surface area (Å²) in [6, 6.07) is 25.8. The first-order valence-electron chi connectivity index (χ1n) is 14.4. The van der Waals surface area contributed by atoms with Gasteiger partial charge in [-0.15, -0.1) is 0 Å². The van der Waals surface area contributed by atoms with Gasteiger partial charge in [0.15, 0.2) is 5.82 Å². The van der Waals surface area contributed by atoms with Crippen LogP contribution in [0, 0.1) is 6.92 Å². The van der Waals surface area contributed by atoms with E-state index < -0.39 is 5.76 Å². The number of benzene rings is 3. The molecule has 9 heteroatoms. The van der Waals surface area contributed by atoms with Gasteiger partial charge in [0.25, 0.3) is 5.56 Å². The van der Waals surface area contributed by atoms with Gasteiger partial charge in [-0.05, 0) is 47.6 Å². The van der Waals surface area contributed by atoms with Crippen LogP contribution in [0.25, 0.3) is 33.4 Å². The van der Waals surface area contributed by atoms with Gasteiger partial charge in [0.1, 0.15) is 5.82 Å². The number of H-pyrrole nitrogens is 1. The van der Waals surface area contributed by atoms with Gasteiger partial charge >= 0.3 is 5.76 Å². The first-order chi connectivity index (χ1) is 20.9. The molecule has 0 saturated carbocycles. The number of aromatic amines is 1. The molecule has 0 saturated heterocycles. The quantitative estimate of drug-likeness (QED) is 0.198. The second-order valence-corrected chi connectivity index (χ2v) is 11.1. The molecule has 0 fully saturated rings. The number of nitrogens with one attached hydrogen (secondary N) is 1. The summed E-state index contributed by atoms with van der Waals surface area (Å²) >= 11 is 5.84. The van der Waals surface area contributed by atoms with Crippen LogP contribution in [0.15, 0.2) is 99.2 Å². The number of fused-ring (bicyclic) bond motifs is 1. The molecule has 0 radical (unpaired) electrons. The molecule has 216 valence electrons. The van der Waals surface area contributed by atoms with Crippen LogP contribution < -0.4 is 11.3 Å². The topological polar surface area (TPSA) is 98.7 Å². The van der Waals surface area contributed by atoms with Crippen LogP contribution in [0.2, 0.25) is 0 Å². The van der Waals surface area contributed by atoms with Crippen molar-refractivity contribution in [3.05, 3.63) is 129 Å². The third kappa shape index (κ3) is 5.76. The SMILES string of the molecule is CCCCc1nc(C)c(CC(=S)n2ccc3ccccc32)c(=O)n1Cc1ccc(-c2ccccc2-c2noc(=O)[nH]2)cc1. The Balaban J connectivity index is 1.32. The van der Waals surface area contributed by atoms with E-state index in [4.69, 9.17) is 21.7 Å². The number of unbranched alkanes of at least 4 members (excludes halogenated alkanes) is 1. The zero-order chi connectivity index (χ0) is 29.9. The van der Waals surface area contributed by atoms with Gasteiger partial charge in [-0.2, -0.15) is 0 Å². The van der Waals surface area contributed by atoms with E-state index in [1.807, 2.05) is 90.5 Å². The van der Waals surface area contributed by atoms with Gasteiger partial charge in [0, 0.05) is 35.9 Å². The summed E-state index contributed by atoms with van der Waals surface area (Å²) in [4.78, 5) is 33.8. The van der Waals surface area contributed by atoms with Crippen LogP contribution in [0.1, 0.15) is 42.4 Å². The van der Waals surface area contributed by atoms with Crippen LogP contribution in [0.3, 0.4) is 0 Å². The molecule has 6 rings (SSSR count). The lowest BCUT2D eigenvalue weighted by Gasteiger charge is -2.17. The Morgan fingerprint density at radius 1 is 0.953 bits per heavy atom. The summed E-state index contributed by atoms with van der Waals surface area (Å²) in [5.41, 5.74) is 5.92. The van der Waals surface area contributed by atoms with E-state index in [0.717, 1.165) is 63.9 Å². The lowest BCUT2D eigenvalue weighted by molar-refractivity contribution is 0.388. The summed E-state index contributed by atoms with van der Waals surface area (Å²) in [7, 11) is 0. The standard InChI is InChI=1S/C34H31N5O3S/c1-3-4-13-30-35-22(2)28(20-31(43)38-19-18-25-9-5-8-12-29(25)38)33(40)39(30)21-23-14-16-24(17-15-23)26-10-6-7-11-27(26)32-36-34(41)42-37-32/h5-12,14-19H,3-4,13,20-21H2,1-2H3,(H,36,37,41). The summed E-state index contributed by atoms with van der Waals surface area (Å²) in [6.45, 7) is 4.44. The van der Waals surface area contributed by atoms with Crippen molar-refractivity contribution in [2.24, 2.45) is 0 Å². The van der Waals surface area contributed by atoms with Crippen molar-refractivity contribution in [1.29, 1.82) is 0 Å². The second kappa shape index (κ2) is 12.1. The number of hydrogen-bond donors (Lipinski definition) is 1. The van der Waals surface area contributed by atoms with Crippen molar-refractivity contribution in [2.75, 3.05) is 0 Å². The highest BCUT2D eigenvalue weighted by Crippen LogP contribution is 2.30. The van der Waals surface area contributed by atoms with Gasteiger partial charge in [-0.1, -0.05) is 97.4 Å². The van der Waals surface area contributed by atoms with Crippen molar-refractivity contribution in [2.45, 2.75) is 46.1 Å². The van der Waals surface area contributed by atoms with Crippen molar-refractivity contribution in [1.82, 2.24) is 24.3 Å². The van der Waals surface area contributed by atoms with Crippen molar-refractivity contribution >= 4 is 28.1 Å². The molecule has 1 N–H and O–H groups in total. The Kier molecular flexibility index (Phi) is 7.98. The molecule has 3 aromatic heterocycles. The van der Waals surface area contributed by atoms with Crippen molar-refractivity contribution in [3.63, 3.8) is 0 Å². The molecule has 43 heavy (non-hydrogen) atoms. The fourth-order valence-electron chi connectivity index (χ4n) is 5.45. The van der Waals surface area contributed by atoms with Gasteiger partial charge in [-0.25, -0.2) is 9.78 Å². The third-order valence-corrected chi connectivity index (χ3v) is 8.07. The predicted molar refractivity (Wildman–Crippen MR) is 173 cm³/mol. The minimum Gasteiger partial charge on any atom is -0.311 e. The molecule has 0 aliphatic carbocycles. The van der Waals surface area contributed by atoms with Crippen LogP contribution in [0.4, 0.5) is 0 Å². The average molecular weight is 590 g/mol. The number of nitrogens with zero attached hydrogens (tertiary/aromatic N) is 4. The van der Waals surface area contributed by atoms with E-state index in [1.54, 1.807) is 4.57 Å². The predicted octanol–water partition coefficient (Wildman–Crippen LogP) is 6.33. The zero-order valence-corrected chi connectivity index (χ0v) is 24.9. The van der Waals surface area contributed by atoms with Gasteiger partial charge in [0.2, 0.25) is 0 Å². The number of aryl methyl sites for hydroxylation is 2. The number of thiocarbonyl (C=S) groups is 1. The molecule has 3 heterocycles. The van der Waals surface area contributed by atoms with Crippen LogP contribution in [-0.2, 0) is 19.4 Å². The normalized spacial score (nSPS) is 11.3. The summed E-state index contributed by atoms with van der Waals surface area (Å²) in [5, 5.41) is 4.96. The number of aromatic nitrogens is 5. The van der Waals surface area contributed by atoms with E-state index in [0.29, 0.717) is 29.3 Å². The maximum Gasteiger partial charge on any atom is 0.439 e. The molecule has 0 amide bonds. The van der Waals surface area contributed by atoms with Crippen molar-refractivity contribution < 1.29 is 4.52 Å². The number of rotatable bonds is 9. The fourth-order valence-corrected chi connectivity index (χ4v) is 5.75. The zero-order valence-electron chi connectivity index (χ0n) is 24.0. The molecule has 0 aliphatic heterocycles. The first-order valence-corrected chi connectivity index (χ1v) is 14.8. The molecule has 3 aromatic carbocycles. The minimum absolute atomic E-state index is 0.0539. The highest BCUT2D eigenvalue weighted by atomic mass is 32.1. The molecule has 0 spiro atoms. The Morgan fingerprint density at radius 3 is 2.44 bits per heavy atom. The lowest BCUT2D eigenvalue weighted by atomic mass is 9.98. The largest absolute Gasteiger partial charge is 0.439 e. The Labute approximate surface area is 253 Å². The molecule has 0 unspecified atom stereocenters.